The zero-order valence-electron chi connectivity index (χ0n) is 11.0. The Labute approximate surface area is 112 Å². The fraction of sp³-hybridized carbons (Fsp3) is 0.333. The molecule has 18 heavy (non-hydrogen) atoms. The van der Waals surface area contributed by atoms with Gasteiger partial charge in [0.2, 0.25) is 0 Å². The predicted octanol–water partition coefficient (Wildman–Crippen LogP) is 4.36. The number of hydrogen-bond donors (Lipinski definition) is 1. The van der Waals surface area contributed by atoms with Gasteiger partial charge >= 0.3 is 0 Å². The summed E-state index contributed by atoms with van der Waals surface area (Å²) in [7, 11) is 0. The first kappa shape index (κ1) is 13.2. The van der Waals surface area contributed by atoms with Crippen molar-refractivity contribution in [2.24, 2.45) is 0 Å². The van der Waals surface area contributed by atoms with Crippen LogP contribution >= 0.6 is 11.3 Å². The lowest BCUT2D eigenvalue weighted by Gasteiger charge is -2.13. The summed E-state index contributed by atoms with van der Waals surface area (Å²) in [6, 6.07) is 7.53. The average molecular weight is 263 g/mol. The largest absolute Gasteiger partial charge is 0.310 e. The quantitative estimate of drug-likeness (QED) is 0.864. The molecule has 0 fully saturated rings. The number of rotatable bonds is 4. The summed E-state index contributed by atoms with van der Waals surface area (Å²) >= 11 is 1.72. The van der Waals surface area contributed by atoms with E-state index in [2.05, 4.69) is 37.5 Å². The van der Waals surface area contributed by atoms with Crippen molar-refractivity contribution in [3.8, 4) is 11.1 Å². The van der Waals surface area contributed by atoms with E-state index in [-0.39, 0.29) is 5.82 Å². The van der Waals surface area contributed by atoms with E-state index in [9.17, 15) is 4.39 Å². The Hall–Kier alpha value is -1.19. The van der Waals surface area contributed by atoms with Crippen molar-refractivity contribution in [2.45, 2.75) is 33.4 Å². The second-order valence-electron chi connectivity index (χ2n) is 4.73. The highest BCUT2D eigenvalue weighted by atomic mass is 32.1. The van der Waals surface area contributed by atoms with E-state index in [0.717, 1.165) is 11.1 Å². The van der Waals surface area contributed by atoms with E-state index in [0.29, 0.717) is 12.6 Å². The molecule has 0 aliphatic rings. The van der Waals surface area contributed by atoms with E-state index < -0.39 is 0 Å². The van der Waals surface area contributed by atoms with Crippen LogP contribution in [-0.2, 0) is 6.54 Å². The minimum Gasteiger partial charge on any atom is -0.310 e. The molecule has 0 saturated carbocycles. The molecule has 2 rings (SSSR count). The summed E-state index contributed by atoms with van der Waals surface area (Å²) in [5.41, 5.74) is 3.36. The molecule has 0 spiro atoms. The third-order valence-electron chi connectivity index (χ3n) is 2.92. The molecule has 0 aliphatic heterocycles. The van der Waals surface area contributed by atoms with Crippen LogP contribution in [0.1, 0.15) is 24.3 Å². The van der Waals surface area contributed by atoms with Crippen LogP contribution in [0.15, 0.2) is 29.6 Å². The number of aryl methyl sites for hydroxylation is 1. The van der Waals surface area contributed by atoms with Gasteiger partial charge in [0.05, 0.1) is 0 Å². The third kappa shape index (κ3) is 2.98. The van der Waals surface area contributed by atoms with Gasteiger partial charge in [0.1, 0.15) is 5.82 Å². The van der Waals surface area contributed by atoms with Gasteiger partial charge in [-0.2, -0.15) is 0 Å². The molecule has 3 heteroatoms. The molecule has 0 atom stereocenters. The Balaban J connectivity index is 2.37. The first-order valence-electron chi connectivity index (χ1n) is 6.14. The average Bonchev–Trinajstić information content (AvgIpc) is 2.73. The SMILES string of the molecule is Cc1sccc1-c1ccc(F)cc1CNC(C)C. The van der Waals surface area contributed by atoms with Crippen LogP contribution in [0.2, 0.25) is 0 Å². The van der Waals surface area contributed by atoms with Crippen molar-refractivity contribution < 1.29 is 4.39 Å². The van der Waals surface area contributed by atoms with Gasteiger partial charge in [0.25, 0.3) is 0 Å². The molecule has 0 saturated heterocycles. The Morgan fingerprint density at radius 2 is 2.00 bits per heavy atom. The molecule has 0 aliphatic carbocycles. The van der Waals surface area contributed by atoms with Crippen LogP contribution in [0.5, 0.6) is 0 Å². The highest BCUT2D eigenvalue weighted by molar-refractivity contribution is 7.10. The standard InChI is InChI=1S/C15H18FNS/c1-10(2)17-9-12-8-13(16)4-5-15(12)14-6-7-18-11(14)3/h4-8,10,17H,9H2,1-3H3. The van der Waals surface area contributed by atoms with Crippen LogP contribution in [-0.4, -0.2) is 6.04 Å². The normalized spacial score (nSPS) is 11.2. The van der Waals surface area contributed by atoms with Crippen LogP contribution in [0.3, 0.4) is 0 Å². The molecule has 1 heterocycles. The lowest BCUT2D eigenvalue weighted by atomic mass is 10.00. The molecular weight excluding hydrogens is 245 g/mol. The van der Waals surface area contributed by atoms with Crippen molar-refractivity contribution in [3.63, 3.8) is 0 Å². The number of nitrogens with one attached hydrogen (secondary N) is 1. The van der Waals surface area contributed by atoms with Crippen LogP contribution in [0, 0.1) is 12.7 Å². The summed E-state index contributed by atoms with van der Waals surface area (Å²) in [6.45, 7) is 6.98. The molecule has 0 unspecified atom stereocenters. The minimum absolute atomic E-state index is 0.174. The van der Waals surface area contributed by atoms with Gasteiger partial charge < -0.3 is 5.32 Å². The fourth-order valence-corrected chi connectivity index (χ4v) is 2.66. The number of benzene rings is 1. The predicted molar refractivity (Wildman–Crippen MR) is 76.4 cm³/mol. The second-order valence-corrected chi connectivity index (χ2v) is 5.85. The maximum atomic E-state index is 13.4. The van der Waals surface area contributed by atoms with Crippen molar-refractivity contribution in [1.29, 1.82) is 0 Å². The summed E-state index contributed by atoms with van der Waals surface area (Å²) in [6.07, 6.45) is 0. The highest BCUT2D eigenvalue weighted by Gasteiger charge is 2.10. The highest BCUT2D eigenvalue weighted by Crippen LogP contribution is 2.30. The number of hydrogen-bond acceptors (Lipinski definition) is 2. The maximum Gasteiger partial charge on any atom is 0.123 e. The topological polar surface area (TPSA) is 12.0 Å². The van der Waals surface area contributed by atoms with Crippen molar-refractivity contribution in [3.05, 3.63) is 45.9 Å². The van der Waals surface area contributed by atoms with Crippen LogP contribution < -0.4 is 5.32 Å². The summed E-state index contributed by atoms with van der Waals surface area (Å²) in [5, 5.41) is 5.42. The molecule has 2 aromatic rings. The van der Waals surface area contributed by atoms with E-state index >= 15 is 0 Å². The second kappa shape index (κ2) is 5.63. The zero-order valence-corrected chi connectivity index (χ0v) is 11.8. The number of thiophene rings is 1. The van der Waals surface area contributed by atoms with Gasteiger partial charge in [-0.1, -0.05) is 19.9 Å². The van der Waals surface area contributed by atoms with Crippen molar-refractivity contribution in [2.75, 3.05) is 0 Å². The summed E-state index contributed by atoms with van der Waals surface area (Å²) in [5.74, 6) is -0.174. The van der Waals surface area contributed by atoms with Gasteiger partial charge in [-0.25, -0.2) is 4.39 Å². The first-order valence-corrected chi connectivity index (χ1v) is 7.02. The summed E-state index contributed by atoms with van der Waals surface area (Å²) in [4.78, 5) is 1.27. The van der Waals surface area contributed by atoms with Crippen molar-refractivity contribution >= 4 is 11.3 Å². The monoisotopic (exact) mass is 263 g/mol. The van der Waals surface area contributed by atoms with Gasteiger partial charge in [-0.3, -0.25) is 0 Å². The fourth-order valence-electron chi connectivity index (χ4n) is 1.95. The Morgan fingerprint density at radius 3 is 2.61 bits per heavy atom. The molecule has 0 radical (unpaired) electrons. The number of halogens is 1. The molecule has 96 valence electrons. The van der Waals surface area contributed by atoms with Gasteiger partial charge in [-0.05, 0) is 47.2 Å². The smallest absolute Gasteiger partial charge is 0.123 e. The van der Waals surface area contributed by atoms with E-state index in [1.807, 2.05) is 6.07 Å². The van der Waals surface area contributed by atoms with Crippen molar-refractivity contribution in [1.82, 2.24) is 5.32 Å². The van der Waals surface area contributed by atoms with Gasteiger partial charge in [-0.15, -0.1) is 11.3 Å². The van der Waals surface area contributed by atoms with Gasteiger partial charge in [0.15, 0.2) is 0 Å². The lowest BCUT2D eigenvalue weighted by molar-refractivity contribution is 0.582. The molecule has 0 bridgehead atoms. The Kier molecular flexibility index (Phi) is 4.15. The van der Waals surface area contributed by atoms with E-state index in [4.69, 9.17) is 0 Å². The van der Waals surface area contributed by atoms with E-state index in [1.165, 1.54) is 16.5 Å². The Bertz CT molecular complexity index is 531. The molecule has 1 aromatic carbocycles. The van der Waals surface area contributed by atoms with Crippen LogP contribution in [0.25, 0.3) is 11.1 Å². The third-order valence-corrected chi connectivity index (χ3v) is 3.76. The molecule has 1 N–H and O–H groups in total. The van der Waals surface area contributed by atoms with Crippen LogP contribution in [0.4, 0.5) is 4.39 Å². The lowest BCUT2D eigenvalue weighted by Crippen LogP contribution is -2.22. The van der Waals surface area contributed by atoms with Gasteiger partial charge in [0, 0.05) is 17.5 Å². The summed E-state index contributed by atoms with van der Waals surface area (Å²) < 4.78 is 13.4. The molecule has 1 aromatic heterocycles. The Morgan fingerprint density at radius 1 is 1.22 bits per heavy atom. The zero-order chi connectivity index (χ0) is 13.1. The minimum atomic E-state index is -0.174. The molecule has 0 amide bonds. The first-order chi connectivity index (χ1) is 8.58. The molecular formula is C15H18FNS. The molecule has 1 nitrogen and oxygen atoms in total. The maximum absolute atomic E-state index is 13.4. The van der Waals surface area contributed by atoms with E-state index in [1.54, 1.807) is 17.4 Å².